The molecule has 4 aliphatic rings. The zero-order valence-corrected chi connectivity index (χ0v) is 35.8. The van der Waals surface area contributed by atoms with Crippen molar-refractivity contribution in [2.24, 2.45) is 22.7 Å². The van der Waals surface area contributed by atoms with Gasteiger partial charge in [0.2, 0.25) is 0 Å². The first-order valence-electron chi connectivity index (χ1n) is 20.1. The lowest BCUT2D eigenvalue weighted by Gasteiger charge is -2.69. The molecule has 1 aromatic carbocycles. The van der Waals surface area contributed by atoms with Gasteiger partial charge in [0.1, 0.15) is 35.6 Å². The van der Waals surface area contributed by atoms with Crippen molar-refractivity contribution < 1.29 is 72.8 Å². The molecule has 0 spiro atoms. The number of aliphatic hydroxyl groups excluding tert-OH is 3. The van der Waals surface area contributed by atoms with Crippen LogP contribution < -0.4 is 5.32 Å². The highest BCUT2D eigenvalue weighted by Gasteiger charge is 2.78. The van der Waals surface area contributed by atoms with Crippen LogP contribution in [0.25, 0.3) is 0 Å². The first-order valence-corrected chi connectivity index (χ1v) is 20.1. The monoisotopic (exact) mass is 831 g/mol. The van der Waals surface area contributed by atoms with Crippen LogP contribution in [0, 0.1) is 22.7 Å². The van der Waals surface area contributed by atoms with E-state index in [9.17, 15) is 44.4 Å². The Kier molecular flexibility index (Phi) is 12.8. The molecule has 16 heteroatoms. The Bertz CT molecular complexity index is 1820. The first-order chi connectivity index (χ1) is 27.2. The highest BCUT2D eigenvalue weighted by Crippen LogP contribution is 2.65. The molecule has 5 N–H and O–H groups in total. The van der Waals surface area contributed by atoms with Crippen LogP contribution in [-0.4, -0.2) is 123 Å². The third-order valence-electron chi connectivity index (χ3n) is 12.7. The van der Waals surface area contributed by atoms with Crippen LogP contribution in [0.2, 0.25) is 0 Å². The van der Waals surface area contributed by atoms with E-state index in [2.05, 4.69) is 5.32 Å². The van der Waals surface area contributed by atoms with Gasteiger partial charge in [0, 0.05) is 37.5 Å². The minimum atomic E-state index is -2.33. The van der Waals surface area contributed by atoms with E-state index in [1.165, 1.54) is 26.0 Å². The summed E-state index contributed by atoms with van der Waals surface area (Å²) in [6.45, 7) is 16.9. The number of ether oxygens (including phenoxy) is 6. The third-order valence-corrected chi connectivity index (χ3v) is 12.7. The number of esters is 4. The van der Waals surface area contributed by atoms with Crippen molar-refractivity contribution >= 4 is 30.0 Å². The number of benzene rings is 1. The molecule has 2 unspecified atom stereocenters. The molecule has 59 heavy (non-hydrogen) atoms. The number of carbonyl (C=O) groups is 5. The predicted octanol–water partition coefficient (Wildman–Crippen LogP) is 3.30. The van der Waals surface area contributed by atoms with Gasteiger partial charge in [-0.05, 0) is 63.3 Å². The molecule has 1 aromatic rings. The summed E-state index contributed by atoms with van der Waals surface area (Å²) in [5, 5.41) is 52.5. The maximum Gasteiger partial charge on any atom is 0.407 e. The van der Waals surface area contributed by atoms with Crippen LogP contribution in [0.5, 0.6) is 0 Å². The topological polar surface area (TPSA) is 234 Å². The fraction of sp³-hybridized carbons (Fsp3) is 0.698. The molecule has 328 valence electrons. The van der Waals surface area contributed by atoms with Crippen molar-refractivity contribution in [2.45, 2.75) is 161 Å². The zero-order chi connectivity index (χ0) is 44.2. The van der Waals surface area contributed by atoms with E-state index >= 15 is 0 Å². The molecule has 2 saturated carbocycles. The van der Waals surface area contributed by atoms with Crippen molar-refractivity contribution in [3.63, 3.8) is 0 Å². The summed E-state index contributed by atoms with van der Waals surface area (Å²) in [5.41, 5.74) is -7.90. The number of nitrogens with one attached hydrogen (secondary N) is 1. The molecule has 1 aliphatic heterocycles. The summed E-state index contributed by atoms with van der Waals surface area (Å²) >= 11 is 0. The summed E-state index contributed by atoms with van der Waals surface area (Å²) in [4.78, 5) is 67.0. The molecule has 1 amide bonds. The standard InChI is InChI=1S/C43H61NO15/c1-21(2)17-26(44-38(52)59-39(6,7)8)31(48)37(51)56-27-19-43(53)35(57-36(50)25-15-13-12-14-16-25)33-41(11,28(47)18-29-42(33,20-54-29)58-24(5)46)34(49)32(55-23(4)45)30(22(27)3)40(43,9)10/h12-16,21,26-29,31-35,47-49,53H,17-20H2,1-11H3,(H,44,52)/t26?,27-,28-,29+,31?,32-,33-,34-,35-,41+,42-,43+/m0/s1. The number of amides is 1. The summed E-state index contributed by atoms with van der Waals surface area (Å²) in [5.74, 6) is -5.21. The maximum atomic E-state index is 14.2. The van der Waals surface area contributed by atoms with Crippen LogP contribution in [0.4, 0.5) is 4.79 Å². The fourth-order valence-electron chi connectivity index (χ4n) is 9.87. The van der Waals surface area contributed by atoms with Crippen LogP contribution in [0.15, 0.2) is 41.5 Å². The molecule has 1 saturated heterocycles. The molecule has 3 aliphatic carbocycles. The van der Waals surface area contributed by atoms with Crippen molar-refractivity contribution in [3.8, 4) is 0 Å². The molecule has 2 bridgehead atoms. The van der Waals surface area contributed by atoms with E-state index in [1.54, 1.807) is 59.7 Å². The SMILES string of the molecule is CC(=O)O[C@H]1C2=C(C)[C@@H](OC(=O)C(O)C(CC(C)C)NC(=O)OC(C)(C)C)C[C@@](O)([C@@H](OC(=O)c3ccccc3)[C@@H]3[C@]4(OC(C)=O)CO[C@@H]4C[C@H](O)[C@@]3(C)[C@H]1O)C2(C)C. The van der Waals surface area contributed by atoms with E-state index in [1.807, 2.05) is 13.8 Å². The number of alkyl carbamates (subject to hydrolysis) is 1. The van der Waals surface area contributed by atoms with Gasteiger partial charge in [-0.1, -0.05) is 52.8 Å². The van der Waals surface area contributed by atoms with Crippen LogP contribution in [0.3, 0.4) is 0 Å². The van der Waals surface area contributed by atoms with Gasteiger partial charge in [0.25, 0.3) is 0 Å². The van der Waals surface area contributed by atoms with Gasteiger partial charge in [0.15, 0.2) is 17.8 Å². The highest BCUT2D eigenvalue weighted by atomic mass is 16.6. The van der Waals surface area contributed by atoms with Gasteiger partial charge in [-0.25, -0.2) is 14.4 Å². The smallest absolute Gasteiger partial charge is 0.407 e. The van der Waals surface area contributed by atoms with Gasteiger partial charge < -0.3 is 54.2 Å². The lowest BCUT2D eigenvalue weighted by Crippen LogP contribution is -2.82. The van der Waals surface area contributed by atoms with E-state index in [4.69, 9.17) is 28.4 Å². The maximum absolute atomic E-state index is 14.2. The third kappa shape index (κ3) is 8.35. The van der Waals surface area contributed by atoms with Crippen molar-refractivity contribution in [2.75, 3.05) is 6.61 Å². The molecule has 0 radical (unpaired) electrons. The molecule has 3 fully saturated rings. The van der Waals surface area contributed by atoms with Crippen molar-refractivity contribution in [1.29, 1.82) is 0 Å². The minimum absolute atomic E-state index is 0.0952. The second kappa shape index (κ2) is 16.4. The van der Waals surface area contributed by atoms with Crippen LogP contribution in [0.1, 0.15) is 106 Å². The van der Waals surface area contributed by atoms with Gasteiger partial charge in [-0.2, -0.15) is 0 Å². The molecule has 12 atom stereocenters. The number of hydrogen-bond acceptors (Lipinski definition) is 15. The van der Waals surface area contributed by atoms with Gasteiger partial charge in [-0.3, -0.25) is 9.59 Å². The van der Waals surface area contributed by atoms with Crippen LogP contribution in [-0.2, 0) is 42.8 Å². The van der Waals surface area contributed by atoms with E-state index in [0.717, 1.165) is 6.92 Å². The van der Waals surface area contributed by atoms with Crippen molar-refractivity contribution in [1.82, 2.24) is 5.32 Å². The van der Waals surface area contributed by atoms with E-state index < -0.39 is 119 Å². The Hall–Kier alpha value is -4.09. The predicted molar refractivity (Wildman–Crippen MR) is 208 cm³/mol. The summed E-state index contributed by atoms with van der Waals surface area (Å²) in [7, 11) is 0. The Morgan fingerprint density at radius 3 is 2.12 bits per heavy atom. The van der Waals surface area contributed by atoms with Crippen LogP contribution >= 0.6 is 0 Å². The lowest BCUT2D eigenvalue weighted by atomic mass is 9.44. The van der Waals surface area contributed by atoms with Gasteiger partial charge >= 0.3 is 30.0 Å². The number of hydrogen-bond donors (Lipinski definition) is 5. The Morgan fingerprint density at radius 1 is 0.966 bits per heavy atom. The van der Waals surface area contributed by atoms with E-state index in [-0.39, 0.29) is 42.1 Å². The van der Waals surface area contributed by atoms with E-state index in [0.29, 0.717) is 0 Å². The molecular formula is C43H61NO15. The quantitative estimate of drug-likeness (QED) is 0.129. The number of rotatable bonds is 10. The second-order valence-electron chi connectivity index (χ2n) is 18.7. The molecule has 5 rings (SSSR count). The summed E-state index contributed by atoms with van der Waals surface area (Å²) in [6.07, 6.45) is -12.3. The van der Waals surface area contributed by atoms with Gasteiger partial charge in [0.05, 0.1) is 30.2 Å². The number of aliphatic hydroxyl groups is 4. The van der Waals surface area contributed by atoms with Gasteiger partial charge in [-0.15, -0.1) is 0 Å². The normalized spacial score (nSPS) is 34.6. The molecule has 16 nitrogen and oxygen atoms in total. The molecular weight excluding hydrogens is 770 g/mol. The summed E-state index contributed by atoms with van der Waals surface area (Å²) in [6, 6.07) is 6.75. The average Bonchev–Trinajstić information content (AvgIpc) is 3.11. The highest BCUT2D eigenvalue weighted by molar-refractivity contribution is 5.89. The Morgan fingerprint density at radius 2 is 1.59 bits per heavy atom. The Labute approximate surface area is 344 Å². The first kappa shape index (κ1) is 46.0. The number of fused-ring (bicyclic) bond motifs is 5. The summed E-state index contributed by atoms with van der Waals surface area (Å²) < 4.78 is 35.7. The average molecular weight is 832 g/mol. The lowest BCUT2D eigenvalue weighted by molar-refractivity contribution is -0.365. The number of carbonyl (C=O) groups excluding carboxylic acids is 5. The minimum Gasteiger partial charge on any atom is -0.456 e. The van der Waals surface area contributed by atoms with Crippen molar-refractivity contribution in [3.05, 3.63) is 47.0 Å². The molecule has 1 heterocycles. The largest absolute Gasteiger partial charge is 0.456 e. The second-order valence-corrected chi connectivity index (χ2v) is 18.7. The fourth-order valence-corrected chi connectivity index (χ4v) is 9.87. The molecule has 0 aromatic heterocycles. The Balaban J connectivity index is 1.72. The zero-order valence-electron chi connectivity index (χ0n) is 35.8.